The fourth-order valence-corrected chi connectivity index (χ4v) is 3.78. The Kier molecular flexibility index (Phi) is 7.44. The van der Waals surface area contributed by atoms with E-state index in [1.165, 1.54) is 49.7 Å². The molecule has 0 aliphatic heterocycles. The molecule has 0 atom stereocenters. The van der Waals surface area contributed by atoms with E-state index in [4.69, 9.17) is 4.74 Å². The van der Waals surface area contributed by atoms with Crippen LogP contribution in [0.15, 0.2) is 46.7 Å². The van der Waals surface area contributed by atoms with E-state index in [0.717, 1.165) is 4.31 Å². The minimum atomic E-state index is -3.63. The van der Waals surface area contributed by atoms with E-state index in [9.17, 15) is 22.8 Å². The van der Waals surface area contributed by atoms with Crippen LogP contribution in [-0.2, 0) is 24.3 Å². The number of ketones is 1. The number of thiophene rings is 1. The molecular weight excluding hydrogens is 404 g/mol. The SMILES string of the molecule is CN(C)S(=O)(=O)c1cccc(NC(=O)COC(=O)CCC(=O)c2cccs2)c1. The van der Waals surface area contributed by atoms with Gasteiger partial charge in [-0.05, 0) is 29.6 Å². The molecule has 28 heavy (non-hydrogen) atoms. The third kappa shape index (κ3) is 5.98. The average molecular weight is 425 g/mol. The van der Waals surface area contributed by atoms with Gasteiger partial charge in [0, 0.05) is 26.2 Å². The number of carbonyl (C=O) groups is 3. The lowest BCUT2D eigenvalue weighted by molar-refractivity contribution is -0.147. The standard InChI is InChI=1S/C18H20N2O6S2/c1-20(2)28(24,25)14-6-3-5-13(11-14)19-17(22)12-26-18(23)9-8-15(21)16-7-4-10-27-16/h3-7,10-11H,8-9,12H2,1-2H3,(H,19,22). The number of nitrogens with one attached hydrogen (secondary N) is 1. The molecular formula is C18H20N2O6S2. The predicted octanol–water partition coefficient (Wildman–Crippen LogP) is 2.14. The number of hydrogen-bond donors (Lipinski definition) is 1. The second-order valence-electron chi connectivity index (χ2n) is 5.92. The summed E-state index contributed by atoms with van der Waals surface area (Å²) in [5.74, 6) is -1.43. The fraction of sp³-hybridized carbons (Fsp3) is 0.278. The van der Waals surface area contributed by atoms with Crippen molar-refractivity contribution in [2.45, 2.75) is 17.7 Å². The van der Waals surface area contributed by atoms with Crippen LogP contribution in [0.25, 0.3) is 0 Å². The van der Waals surface area contributed by atoms with E-state index in [-0.39, 0.29) is 29.2 Å². The van der Waals surface area contributed by atoms with E-state index in [1.54, 1.807) is 17.5 Å². The Hall–Kier alpha value is -2.56. The number of carbonyl (C=O) groups excluding carboxylic acids is 3. The summed E-state index contributed by atoms with van der Waals surface area (Å²) < 4.78 is 30.1. The van der Waals surface area contributed by atoms with Gasteiger partial charge >= 0.3 is 5.97 Å². The van der Waals surface area contributed by atoms with Crippen LogP contribution in [0.2, 0.25) is 0 Å². The number of esters is 1. The first kappa shape index (κ1) is 21.7. The van der Waals surface area contributed by atoms with Crippen LogP contribution in [0, 0.1) is 0 Å². The van der Waals surface area contributed by atoms with Gasteiger partial charge in [0.25, 0.3) is 5.91 Å². The Morgan fingerprint density at radius 2 is 1.86 bits per heavy atom. The van der Waals surface area contributed by atoms with Crippen molar-refractivity contribution in [1.29, 1.82) is 0 Å². The average Bonchev–Trinajstić information content (AvgIpc) is 3.19. The molecule has 10 heteroatoms. The van der Waals surface area contributed by atoms with Gasteiger partial charge in [0.2, 0.25) is 10.0 Å². The summed E-state index contributed by atoms with van der Waals surface area (Å²) in [6.07, 6.45) is -0.119. The number of anilines is 1. The van der Waals surface area contributed by atoms with Gasteiger partial charge in [-0.2, -0.15) is 0 Å². The molecule has 2 aromatic rings. The van der Waals surface area contributed by atoms with Crippen LogP contribution in [0.5, 0.6) is 0 Å². The highest BCUT2D eigenvalue weighted by molar-refractivity contribution is 7.89. The van der Waals surface area contributed by atoms with Crippen LogP contribution in [0.4, 0.5) is 5.69 Å². The number of hydrogen-bond acceptors (Lipinski definition) is 7. The smallest absolute Gasteiger partial charge is 0.306 e. The van der Waals surface area contributed by atoms with E-state index >= 15 is 0 Å². The Morgan fingerprint density at radius 3 is 2.50 bits per heavy atom. The zero-order chi connectivity index (χ0) is 20.7. The third-order valence-electron chi connectivity index (χ3n) is 3.61. The van der Waals surface area contributed by atoms with Crippen molar-refractivity contribution >= 4 is 44.7 Å². The molecule has 1 N–H and O–H groups in total. The van der Waals surface area contributed by atoms with Crippen molar-refractivity contribution in [3.05, 3.63) is 46.7 Å². The van der Waals surface area contributed by atoms with E-state index in [2.05, 4.69) is 5.32 Å². The molecule has 150 valence electrons. The van der Waals surface area contributed by atoms with Crippen LogP contribution >= 0.6 is 11.3 Å². The largest absolute Gasteiger partial charge is 0.456 e. The lowest BCUT2D eigenvalue weighted by Gasteiger charge is -2.12. The number of ether oxygens (including phenoxy) is 1. The fourth-order valence-electron chi connectivity index (χ4n) is 2.14. The summed E-state index contributed by atoms with van der Waals surface area (Å²) in [5.41, 5.74) is 0.261. The number of rotatable bonds is 9. The zero-order valence-corrected chi connectivity index (χ0v) is 17.0. The molecule has 0 fully saturated rings. The second-order valence-corrected chi connectivity index (χ2v) is 9.02. The van der Waals surface area contributed by atoms with Crippen LogP contribution in [0.1, 0.15) is 22.5 Å². The first-order valence-corrected chi connectivity index (χ1v) is 10.6. The number of sulfonamides is 1. The molecule has 0 saturated carbocycles. The Bertz CT molecular complexity index is 952. The van der Waals surface area contributed by atoms with Gasteiger partial charge in [-0.3, -0.25) is 14.4 Å². The molecule has 2 rings (SSSR count). The number of amides is 1. The number of benzene rings is 1. The van der Waals surface area contributed by atoms with Gasteiger partial charge in [0.15, 0.2) is 12.4 Å². The molecule has 0 bridgehead atoms. The van der Waals surface area contributed by atoms with Crippen LogP contribution in [0.3, 0.4) is 0 Å². The van der Waals surface area contributed by atoms with Gasteiger partial charge < -0.3 is 10.1 Å². The van der Waals surface area contributed by atoms with Crippen LogP contribution in [-0.4, -0.2) is 51.1 Å². The van der Waals surface area contributed by atoms with E-state index in [1.807, 2.05) is 0 Å². The van der Waals surface area contributed by atoms with Crippen molar-refractivity contribution in [1.82, 2.24) is 4.31 Å². The monoisotopic (exact) mass is 424 g/mol. The lowest BCUT2D eigenvalue weighted by atomic mass is 10.2. The summed E-state index contributed by atoms with van der Waals surface area (Å²) >= 11 is 1.30. The van der Waals surface area contributed by atoms with Gasteiger partial charge in [-0.15, -0.1) is 11.3 Å². The van der Waals surface area contributed by atoms with Crippen molar-refractivity contribution in [2.75, 3.05) is 26.0 Å². The summed E-state index contributed by atoms with van der Waals surface area (Å²) in [7, 11) is -0.818. The Balaban J connectivity index is 1.82. The summed E-state index contributed by atoms with van der Waals surface area (Å²) in [6.45, 7) is -0.531. The predicted molar refractivity (Wildman–Crippen MR) is 105 cm³/mol. The van der Waals surface area contributed by atoms with Crippen LogP contribution < -0.4 is 5.32 Å². The van der Waals surface area contributed by atoms with Gasteiger partial charge in [0.05, 0.1) is 16.2 Å². The van der Waals surface area contributed by atoms with E-state index < -0.39 is 28.5 Å². The maximum Gasteiger partial charge on any atom is 0.306 e. The van der Waals surface area contributed by atoms with E-state index in [0.29, 0.717) is 4.88 Å². The minimum Gasteiger partial charge on any atom is -0.456 e. The molecule has 8 nitrogen and oxygen atoms in total. The second kappa shape index (κ2) is 9.58. The van der Waals surface area contributed by atoms with Crippen molar-refractivity contribution in [2.24, 2.45) is 0 Å². The summed E-state index contributed by atoms with van der Waals surface area (Å²) in [4.78, 5) is 36.0. The normalized spacial score (nSPS) is 11.2. The van der Waals surface area contributed by atoms with Crippen molar-refractivity contribution in [3.63, 3.8) is 0 Å². The molecule has 1 aromatic carbocycles. The number of Topliss-reactive ketones (excluding diaryl/α,β-unsaturated/α-hetero) is 1. The highest BCUT2D eigenvalue weighted by Gasteiger charge is 2.18. The maximum atomic E-state index is 12.1. The molecule has 1 aromatic heterocycles. The van der Waals surface area contributed by atoms with Crippen molar-refractivity contribution < 1.29 is 27.5 Å². The maximum absolute atomic E-state index is 12.1. The molecule has 0 saturated heterocycles. The Labute approximate surface area is 167 Å². The lowest BCUT2D eigenvalue weighted by Crippen LogP contribution is -2.23. The molecule has 0 aliphatic carbocycles. The molecule has 0 aliphatic rings. The molecule has 0 spiro atoms. The van der Waals surface area contributed by atoms with Gasteiger partial charge in [-0.1, -0.05) is 12.1 Å². The molecule has 1 amide bonds. The minimum absolute atomic E-state index is 0.00536. The topological polar surface area (TPSA) is 110 Å². The first-order chi connectivity index (χ1) is 13.2. The summed E-state index contributed by atoms with van der Waals surface area (Å²) in [5, 5.41) is 4.24. The zero-order valence-electron chi connectivity index (χ0n) is 15.4. The first-order valence-electron chi connectivity index (χ1n) is 8.25. The van der Waals surface area contributed by atoms with Crippen molar-refractivity contribution in [3.8, 4) is 0 Å². The number of nitrogens with zero attached hydrogens (tertiary/aromatic N) is 1. The molecule has 0 unspecified atom stereocenters. The summed E-state index contributed by atoms with van der Waals surface area (Å²) in [6, 6.07) is 9.17. The highest BCUT2D eigenvalue weighted by Crippen LogP contribution is 2.18. The molecule has 1 heterocycles. The van der Waals surface area contributed by atoms with Gasteiger partial charge in [-0.25, -0.2) is 12.7 Å². The molecule has 0 radical (unpaired) electrons. The third-order valence-corrected chi connectivity index (χ3v) is 6.33. The highest BCUT2D eigenvalue weighted by atomic mass is 32.2. The quantitative estimate of drug-likeness (QED) is 0.488. The van der Waals surface area contributed by atoms with Gasteiger partial charge in [0.1, 0.15) is 0 Å². The Morgan fingerprint density at radius 1 is 1.11 bits per heavy atom.